The lowest BCUT2D eigenvalue weighted by Gasteiger charge is -2.12. The summed E-state index contributed by atoms with van der Waals surface area (Å²) in [5, 5.41) is 3.42. The molecule has 0 radical (unpaired) electrons. The Kier molecular flexibility index (Phi) is 4.05. The molecule has 0 bridgehead atoms. The van der Waals surface area contributed by atoms with E-state index in [1.807, 2.05) is 18.2 Å². The third kappa shape index (κ3) is 3.21. The first-order valence-corrected chi connectivity index (χ1v) is 7.67. The van der Waals surface area contributed by atoms with Crippen molar-refractivity contribution < 1.29 is 0 Å². The van der Waals surface area contributed by atoms with E-state index in [4.69, 9.17) is 0 Å². The normalized spacial score (nSPS) is 15.7. The van der Waals surface area contributed by atoms with Gasteiger partial charge >= 0.3 is 0 Å². The van der Waals surface area contributed by atoms with Crippen LogP contribution in [0, 0.1) is 12.8 Å². The SMILES string of the molecule is Cc1cn(CCC2CCCC2)c(Nc2ccccc2)n1. The Labute approximate surface area is 121 Å². The first-order valence-electron chi connectivity index (χ1n) is 7.67. The van der Waals surface area contributed by atoms with Gasteiger partial charge in [0.05, 0.1) is 5.69 Å². The fourth-order valence-corrected chi connectivity index (χ4v) is 3.09. The highest BCUT2D eigenvalue weighted by Crippen LogP contribution is 2.28. The summed E-state index contributed by atoms with van der Waals surface area (Å²) in [7, 11) is 0. The Morgan fingerprint density at radius 2 is 1.95 bits per heavy atom. The molecular formula is C17H23N3. The van der Waals surface area contributed by atoms with Gasteiger partial charge in [0.1, 0.15) is 0 Å². The molecule has 0 aliphatic heterocycles. The molecule has 0 atom stereocenters. The van der Waals surface area contributed by atoms with Crippen LogP contribution in [0.1, 0.15) is 37.8 Å². The van der Waals surface area contributed by atoms with Crippen LogP contribution >= 0.6 is 0 Å². The van der Waals surface area contributed by atoms with Crippen LogP contribution in [0.5, 0.6) is 0 Å². The zero-order chi connectivity index (χ0) is 13.8. The number of nitrogens with zero attached hydrogens (tertiary/aromatic N) is 2. The fraction of sp³-hybridized carbons (Fsp3) is 0.471. The molecule has 1 aliphatic rings. The maximum absolute atomic E-state index is 4.60. The van der Waals surface area contributed by atoms with Crippen LogP contribution in [0.4, 0.5) is 11.6 Å². The van der Waals surface area contributed by atoms with Crippen molar-refractivity contribution in [3.8, 4) is 0 Å². The van der Waals surface area contributed by atoms with Gasteiger partial charge in [0.2, 0.25) is 5.95 Å². The highest BCUT2D eigenvalue weighted by atomic mass is 15.2. The number of anilines is 2. The van der Waals surface area contributed by atoms with E-state index in [0.717, 1.165) is 29.8 Å². The highest BCUT2D eigenvalue weighted by molar-refractivity contribution is 5.53. The van der Waals surface area contributed by atoms with Crippen molar-refractivity contribution in [3.63, 3.8) is 0 Å². The van der Waals surface area contributed by atoms with Crippen LogP contribution in [-0.4, -0.2) is 9.55 Å². The lowest BCUT2D eigenvalue weighted by atomic mass is 10.0. The number of rotatable bonds is 5. The largest absolute Gasteiger partial charge is 0.326 e. The Morgan fingerprint density at radius 3 is 2.70 bits per heavy atom. The van der Waals surface area contributed by atoms with Crippen molar-refractivity contribution in [3.05, 3.63) is 42.2 Å². The molecule has 106 valence electrons. The predicted molar refractivity (Wildman–Crippen MR) is 83.3 cm³/mol. The Balaban J connectivity index is 1.67. The summed E-state index contributed by atoms with van der Waals surface area (Å²) in [6.07, 6.45) is 9.09. The second-order valence-corrected chi connectivity index (χ2v) is 5.83. The zero-order valence-corrected chi connectivity index (χ0v) is 12.2. The third-order valence-corrected chi connectivity index (χ3v) is 4.18. The van der Waals surface area contributed by atoms with Gasteiger partial charge in [0, 0.05) is 18.4 Å². The van der Waals surface area contributed by atoms with Crippen LogP contribution in [0.2, 0.25) is 0 Å². The monoisotopic (exact) mass is 269 g/mol. The summed E-state index contributed by atoms with van der Waals surface area (Å²) in [5.74, 6) is 1.88. The van der Waals surface area contributed by atoms with Gasteiger partial charge in [0.15, 0.2) is 0 Å². The molecule has 1 heterocycles. The number of aryl methyl sites for hydroxylation is 2. The molecule has 20 heavy (non-hydrogen) atoms. The summed E-state index contributed by atoms with van der Waals surface area (Å²) >= 11 is 0. The van der Waals surface area contributed by atoms with E-state index < -0.39 is 0 Å². The van der Waals surface area contributed by atoms with Crippen LogP contribution in [0.3, 0.4) is 0 Å². The van der Waals surface area contributed by atoms with Crippen molar-refractivity contribution in [2.45, 2.75) is 45.6 Å². The van der Waals surface area contributed by atoms with Crippen LogP contribution in [-0.2, 0) is 6.54 Å². The summed E-state index contributed by atoms with van der Waals surface area (Å²) in [5.41, 5.74) is 2.18. The van der Waals surface area contributed by atoms with E-state index in [1.165, 1.54) is 32.1 Å². The van der Waals surface area contributed by atoms with Crippen LogP contribution in [0.25, 0.3) is 0 Å². The Hall–Kier alpha value is -1.77. The van der Waals surface area contributed by atoms with Gasteiger partial charge in [-0.15, -0.1) is 0 Å². The predicted octanol–water partition coefficient (Wildman–Crippen LogP) is 4.52. The molecule has 0 saturated heterocycles. The molecule has 1 aliphatic carbocycles. The Bertz CT molecular complexity index is 539. The van der Waals surface area contributed by atoms with Gasteiger partial charge < -0.3 is 9.88 Å². The molecule has 3 heteroatoms. The molecule has 1 fully saturated rings. The quantitative estimate of drug-likeness (QED) is 0.865. The van der Waals surface area contributed by atoms with E-state index in [-0.39, 0.29) is 0 Å². The molecule has 1 N–H and O–H groups in total. The fourth-order valence-electron chi connectivity index (χ4n) is 3.09. The maximum Gasteiger partial charge on any atom is 0.207 e. The lowest BCUT2D eigenvalue weighted by molar-refractivity contribution is 0.460. The number of hydrogen-bond donors (Lipinski definition) is 1. The molecule has 1 aromatic heterocycles. The standard InChI is InChI=1S/C17H23N3/c1-14-13-20(12-11-15-7-5-6-8-15)17(18-14)19-16-9-3-2-4-10-16/h2-4,9-10,13,15H,5-8,11-12H2,1H3,(H,18,19). The Morgan fingerprint density at radius 1 is 1.20 bits per heavy atom. The van der Waals surface area contributed by atoms with Gasteiger partial charge in [-0.3, -0.25) is 0 Å². The van der Waals surface area contributed by atoms with E-state index in [9.17, 15) is 0 Å². The van der Waals surface area contributed by atoms with Crippen LogP contribution in [0.15, 0.2) is 36.5 Å². The van der Waals surface area contributed by atoms with Crippen molar-refractivity contribution in [1.82, 2.24) is 9.55 Å². The molecule has 0 amide bonds. The molecule has 0 spiro atoms. The number of benzene rings is 1. The smallest absolute Gasteiger partial charge is 0.207 e. The van der Waals surface area contributed by atoms with Crippen LogP contribution < -0.4 is 5.32 Å². The van der Waals surface area contributed by atoms with Crippen molar-refractivity contribution in [2.24, 2.45) is 5.92 Å². The third-order valence-electron chi connectivity index (χ3n) is 4.18. The summed E-state index contributed by atoms with van der Waals surface area (Å²) < 4.78 is 2.26. The van der Waals surface area contributed by atoms with E-state index in [1.54, 1.807) is 0 Å². The van der Waals surface area contributed by atoms with Crippen molar-refractivity contribution in [1.29, 1.82) is 0 Å². The summed E-state index contributed by atoms with van der Waals surface area (Å²) in [6, 6.07) is 10.3. The minimum atomic E-state index is 0.919. The number of nitrogens with one attached hydrogen (secondary N) is 1. The topological polar surface area (TPSA) is 29.9 Å². The van der Waals surface area contributed by atoms with Gasteiger partial charge in [0.25, 0.3) is 0 Å². The van der Waals surface area contributed by atoms with Crippen molar-refractivity contribution in [2.75, 3.05) is 5.32 Å². The number of aromatic nitrogens is 2. The van der Waals surface area contributed by atoms with Gasteiger partial charge in [-0.05, 0) is 31.4 Å². The van der Waals surface area contributed by atoms with Crippen molar-refractivity contribution >= 4 is 11.6 Å². The number of para-hydroxylation sites is 1. The number of imidazole rings is 1. The van der Waals surface area contributed by atoms with Gasteiger partial charge in [-0.1, -0.05) is 43.9 Å². The lowest BCUT2D eigenvalue weighted by Crippen LogP contribution is -2.06. The average Bonchev–Trinajstić information content (AvgIpc) is 3.07. The summed E-state index contributed by atoms with van der Waals surface area (Å²) in [4.78, 5) is 4.60. The zero-order valence-electron chi connectivity index (χ0n) is 12.2. The summed E-state index contributed by atoms with van der Waals surface area (Å²) in [6.45, 7) is 3.13. The molecule has 3 rings (SSSR count). The second kappa shape index (κ2) is 6.12. The molecule has 0 unspecified atom stereocenters. The maximum atomic E-state index is 4.60. The van der Waals surface area contributed by atoms with Gasteiger partial charge in [-0.25, -0.2) is 4.98 Å². The minimum absolute atomic E-state index is 0.919. The van der Waals surface area contributed by atoms with Gasteiger partial charge in [-0.2, -0.15) is 0 Å². The molecule has 2 aromatic rings. The van der Waals surface area contributed by atoms with E-state index in [2.05, 4.69) is 40.1 Å². The van der Waals surface area contributed by atoms with E-state index in [0.29, 0.717) is 0 Å². The second-order valence-electron chi connectivity index (χ2n) is 5.83. The minimum Gasteiger partial charge on any atom is -0.326 e. The first-order chi connectivity index (χ1) is 9.81. The molecule has 1 aromatic carbocycles. The molecular weight excluding hydrogens is 246 g/mol. The molecule has 1 saturated carbocycles. The first kappa shape index (κ1) is 13.2. The number of hydrogen-bond acceptors (Lipinski definition) is 2. The molecule has 3 nitrogen and oxygen atoms in total. The highest BCUT2D eigenvalue weighted by Gasteiger charge is 2.15. The van der Waals surface area contributed by atoms with E-state index >= 15 is 0 Å². The average molecular weight is 269 g/mol.